The van der Waals surface area contributed by atoms with E-state index in [1.807, 2.05) is 24.9 Å². The van der Waals surface area contributed by atoms with Gasteiger partial charge < -0.3 is 14.1 Å². The fraction of sp³-hybridized carbons (Fsp3) is 0.588. The van der Waals surface area contributed by atoms with Gasteiger partial charge in [-0.1, -0.05) is 5.21 Å². The van der Waals surface area contributed by atoms with E-state index in [0.717, 1.165) is 30.2 Å². The second-order valence-electron chi connectivity index (χ2n) is 6.70. The van der Waals surface area contributed by atoms with Crippen LogP contribution in [0.25, 0.3) is 0 Å². The zero-order chi connectivity index (χ0) is 16.7. The highest BCUT2D eigenvalue weighted by atomic mass is 16.5. The Morgan fingerprint density at radius 3 is 2.92 bits per heavy atom. The molecule has 0 saturated heterocycles. The number of hydrogen-bond donors (Lipinski definition) is 0. The predicted molar refractivity (Wildman–Crippen MR) is 85.5 cm³/mol. The summed E-state index contributed by atoms with van der Waals surface area (Å²) in [5.41, 5.74) is 1.92. The van der Waals surface area contributed by atoms with Gasteiger partial charge in [0.15, 0.2) is 5.76 Å². The van der Waals surface area contributed by atoms with Crippen molar-refractivity contribution in [3.05, 3.63) is 35.0 Å². The van der Waals surface area contributed by atoms with Gasteiger partial charge in [0.2, 0.25) is 0 Å². The van der Waals surface area contributed by atoms with E-state index < -0.39 is 0 Å². The van der Waals surface area contributed by atoms with Gasteiger partial charge in [-0.2, -0.15) is 0 Å². The van der Waals surface area contributed by atoms with Crippen molar-refractivity contribution in [1.82, 2.24) is 19.9 Å². The lowest BCUT2D eigenvalue weighted by molar-refractivity contribution is 0.0333. The molecule has 1 aliphatic heterocycles. The Bertz CT molecular complexity index is 747. The first-order valence-electron chi connectivity index (χ1n) is 8.47. The quantitative estimate of drug-likeness (QED) is 0.837. The third kappa shape index (κ3) is 2.84. The Morgan fingerprint density at radius 2 is 2.21 bits per heavy atom. The van der Waals surface area contributed by atoms with Crippen molar-refractivity contribution in [3.63, 3.8) is 0 Å². The molecule has 0 unspecified atom stereocenters. The first-order valence-corrected chi connectivity index (χ1v) is 8.47. The van der Waals surface area contributed by atoms with E-state index in [1.165, 1.54) is 12.8 Å². The molecule has 0 N–H and O–H groups in total. The van der Waals surface area contributed by atoms with Crippen molar-refractivity contribution in [1.29, 1.82) is 0 Å². The molecular weight excluding hydrogens is 308 g/mol. The van der Waals surface area contributed by atoms with Gasteiger partial charge in [0.25, 0.3) is 5.91 Å². The van der Waals surface area contributed by atoms with Gasteiger partial charge >= 0.3 is 0 Å². The summed E-state index contributed by atoms with van der Waals surface area (Å²) in [5.74, 6) is 1.68. The number of fused-ring (bicyclic) bond motifs is 1. The van der Waals surface area contributed by atoms with Gasteiger partial charge in [-0.25, -0.2) is 0 Å². The second kappa shape index (κ2) is 6.05. The molecule has 1 atom stereocenters. The van der Waals surface area contributed by atoms with Crippen LogP contribution in [0.15, 0.2) is 16.5 Å². The van der Waals surface area contributed by atoms with Gasteiger partial charge in [0, 0.05) is 26.6 Å². The van der Waals surface area contributed by atoms with E-state index in [4.69, 9.17) is 9.15 Å². The number of nitrogens with zero attached hydrogens (tertiary/aromatic N) is 4. The van der Waals surface area contributed by atoms with Crippen LogP contribution in [0.3, 0.4) is 0 Å². The van der Waals surface area contributed by atoms with Crippen LogP contribution in [-0.2, 0) is 18.2 Å². The summed E-state index contributed by atoms with van der Waals surface area (Å²) in [7, 11) is 1.89. The Balaban J connectivity index is 1.57. The van der Waals surface area contributed by atoms with Crippen LogP contribution in [0.5, 0.6) is 0 Å². The number of carbonyl (C=O) groups excluding carboxylic acids is 1. The molecule has 0 spiro atoms. The van der Waals surface area contributed by atoms with E-state index in [-0.39, 0.29) is 11.9 Å². The molecule has 2 aromatic rings. The molecule has 1 saturated carbocycles. The Labute approximate surface area is 140 Å². The fourth-order valence-corrected chi connectivity index (χ4v) is 3.21. The van der Waals surface area contributed by atoms with Crippen LogP contribution >= 0.6 is 0 Å². The summed E-state index contributed by atoms with van der Waals surface area (Å²) in [4.78, 5) is 14.7. The Kier molecular flexibility index (Phi) is 3.88. The minimum absolute atomic E-state index is 0.112. The third-order valence-corrected chi connectivity index (χ3v) is 4.79. The van der Waals surface area contributed by atoms with Crippen molar-refractivity contribution in [2.24, 2.45) is 13.0 Å². The highest BCUT2D eigenvalue weighted by Gasteiger charge is 2.36. The lowest BCUT2D eigenvalue weighted by Gasteiger charge is -2.34. The lowest BCUT2D eigenvalue weighted by Crippen LogP contribution is -2.42. The third-order valence-electron chi connectivity index (χ3n) is 4.79. The first kappa shape index (κ1) is 15.4. The fourth-order valence-electron chi connectivity index (χ4n) is 3.21. The molecule has 2 aromatic heterocycles. The van der Waals surface area contributed by atoms with Crippen molar-refractivity contribution < 1.29 is 13.9 Å². The number of furan rings is 1. The molecule has 3 heterocycles. The number of carbonyl (C=O) groups is 1. The van der Waals surface area contributed by atoms with E-state index in [1.54, 1.807) is 10.7 Å². The molecule has 24 heavy (non-hydrogen) atoms. The first-order chi connectivity index (χ1) is 11.6. The summed E-state index contributed by atoms with van der Waals surface area (Å²) < 4.78 is 13.2. The highest BCUT2D eigenvalue weighted by molar-refractivity contribution is 5.92. The van der Waals surface area contributed by atoms with Gasteiger partial charge in [-0.3, -0.25) is 9.48 Å². The SMILES string of the molecule is Cc1ccc(C(=O)N2CCc3c(nnn3C)[C@@H]2COCC2CC2)o1. The van der Waals surface area contributed by atoms with Crippen LogP contribution < -0.4 is 0 Å². The lowest BCUT2D eigenvalue weighted by atomic mass is 10.0. The number of aryl methyl sites for hydroxylation is 2. The molecule has 0 aromatic carbocycles. The van der Waals surface area contributed by atoms with Crippen LogP contribution in [-0.4, -0.2) is 45.6 Å². The molecule has 1 fully saturated rings. The molecule has 0 bridgehead atoms. The molecular formula is C17H22N4O3. The Hall–Kier alpha value is -2.15. The molecule has 2 aliphatic rings. The molecule has 7 nitrogen and oxygen atoms in total. The van der Waals surface area contributed by atoms with Crippen LogP contribution in [0.2, 0.25) is 0 Å². The van der Waals surface area contributed by atoms with Crippen molar-refractivity contribution in [2.75, 3.05) is 19.8 Å². The molecule has 0 radical (unpaired) electrons. The summed E-state index contributed by atoms with van der Waals surface area (Å²) >= 11 is 0. The van der Waals surface area contributed by atoms with Crippen molar-refractivity contribution in [3.8, 4) is 0 Å². The Morgan fingerprint density at radius 1 is 1.38 bits per heavy atom. The maximum Gasteiger partial charge on any atom is 0.290 e. The van der Waals surface area contributed by atoms with Crippen LogP contribution in [0, 0.1) is 12.8 Å². The number of amides is 1. The van der Waals surface area contributed by atoms with Gasteiger partial charge in [0.1, 0.15) is 17.5 Å². The van der Waals surface area contributed by atoms with E-state index in [0.29, 0.717) is 24.8 Å². The van der Waals surface area contributed by atoms with Crippen LogP contribution in [0.4, 0.5) is 0 Å². The molecule has 7 heteroatoms. The van der Waals surface area contributed by atoms with E-state index in [9.17, 15) is 4.79 Å². The topological polar surface area (TPSA) is 73.4 Å². The zero-order valence-corrected chi connectivity index (χ0v) is 14.1. The monoisotopic (exact) mass is 330 g/mol. The van der Waals surface area contributed by atoms with E-state index >= 15 is 0 Å². The second-order valence-corrected chi connectivity index (χ2v) is 6.70. The average Bonchev–Trinajstić information content (AvgIpc) is 3.18. The van der Waals surface area contributed by atoms with Gasteiger partial charge in [-0.05, 0) is 37.8 Å². The van der Waals surface area contributed by atoms with Crippen LogP contribution in [0.1, 0.15) is 46.6 Å². The minimum atomic E-state index is -0.209. The summed E-state index contributed by atoms with van der Waals surface area (Å²) in [6, 6.07) is 3.33. The number of hydrogen-bond acceptors (Lipinski definition) is 5. The van der Waals surface area contributed by atoms with Gasteiger partial charge in [-0.15, -0.1) is 5.10 Å². The molecule has 1 aliphatic carbocycles. The summed E-state index contributed by atoms with van der Waals surface area (Å²) in [6.07, 6.45) is 3.23. The van der Waals surface area contributed by atoms with E-state index in [2.05, 4.69) is 10.3 Å². The smallest absolute Gasteiger partial charge is 0.290 e. The maximum atomic E-state index is 12.9. The molecule has 4 rings (SSSR count). The minimum Gasteiger partial charge on any atom is -0.456 e. The predicted octanol–water partition coefficient (Wildman–Crippen LogP) is 1.88. The number of aromatic nitrogens is 3. The summed E-state index contributed by atoms with van der Waals surface area (Å²) in [6.45, 7) is 3.66. The summed E-state index contributed by atoms with van der Waals surface area (Å²) in [5, 5.41) is 8.42. The average molecular weight is 330 g/mol. The largest absolute Gasteiger partial charge is 0.456 e. The van der Waals surface area contributed by atoms with Crippen molar-refractivity contribution in [2.45, 2.75) is 32.2 Å². The number of ether oxygens (including phenoxy) is 1. The zero-order valence-electron chi connectivity index (χ0n) is 14.1. The molecule has 1 amide bonds. The number of rotatable bonds is 5. The standard InChI is InChI=1S/C17H22N4O3/c1-11-3-6-15(24-11)17(22)21-8-7-13-16(18-19-20(13)2)14(21)10-23-9-12-4-5-12/h3,6,12,14H,4-5,7-10H2,1-2H3/t14-/m0/s1. The van der Waals surface area contributed by atoms with Gasteiger partial charge in [0.05, 0.1) is 12.3 Å². The molecule has 128 valence electrons. The van der Waals surface area contributed by atoms with Crippen molar-refractivity contribution >= 4 is 5.91 Å². The maximum absolute atomic E-state index is 12.9. The highest BCUT2D eigenvalue weighted by Crippen LogP contribution is 2.32. The normalized spacial score (nSPS) is 20.2.